The Hall–Kier alpha value is -4.54. The molecule has 3 aromatic carbocycles. The zero-order valence-corrected chi connectivity index (χ0v) is 24.3. The van der Waals surface area contributed by atoms with Crippen LogP contribution in [0.3, 0.4) is 0 Å². The highest BCUT2D eigenvalue weighted by molar-refractivity contribution is 6.02. The van der Waals surface area contributed by atoms with Crippen molar-refractivity contribution in [2.75, 3.05) is 58.0 Å². The number of fused-ring (bicyclic) bond motifs is 2. The van der Waals surface area contributed by atoms with Gasteiger partial charge in [-0.2, -0.15) is 0 Å². The lowest BCUT2D eigenvalue weighted by atomic mass is 10.1. The SMILES string of the molecule is Cc1ccc(CN(Cc2ccc3c(c2)OCO3)C(=O)CN(CCN2CCOCC2)C(=O)Nc2cccc3ccccc23)o1. The molecule has 0 radical (unpaired) electrons. The standard InChI is InChI=1S/C33H36N4O6/c1-24-9-11-27(43-24)21-37(20-25-10-12-30-31(19-25)42-23-41-30)32(38)22-36(14-13-35-15-17-40-18-16-35)33(39)34-29-8-4-6-26-5-2-3-7-28(26)29/h2-12,19H,13-18,20-23H2,1H3,(H,34,39). The quantitative estimate of drug-likeness (QED) is 0.284. The molecule has 4 aromatic rings. The van der Waals surface area contributed by atoms with E-state index in [1.165, 1.54) is 0 Å². The zero-order chi connectivity index (χ0) is 29.6. The van der Waals surface area contributed by atoms with Gasteiger partial charge >= 0.3 is 6.03 Å². The van der Waals surface area contributed by atoms with Crippen LogP contribution in [0.5, 0.6) is 11.5 Å². The van der Waals surface area contributed by atoms with Gasteiger partial charge in [0.2, 0.25) is 12.7 Å². The molecule has 0 unspecified atom stereocenters. The van der Waals surface area contributed by atoms with Crippen LogP contribution in [0, 0.1) is 6.92 Å². The van der Waals surface area contributed by atoms with Crippen molar-refractivity contribution in [2.24, 2.45) is 0 Å². The Bertz CT molecular complexity index is 1580. The van der Waals surface area contributed by atoms with E-state index in [0.29, 0.717) is 55.8 Å². The molecule has 1 fully saturated rings. The van der Waals surface area contributed by atoms with Crippen LogP contribution in [-0.2, 0) is 22.6 Å². The van der Waals surface area contributed by atoms with Gasteiger partial charge in [-0.05, 0) is 48.2 Å². The van der Waals surface area contributed by atoms with Gasteiger partial charge in [0.1, 0.15) is 18.1 Å². The summed E-state index contributed by atoms with van der Waals surface area (Å²) in [5.74, 6) is 2.59. The van der Waals surface area contributed by atoms with Gasteiger partial charge in [-0.15, -0.1) is 0 Å². The number of hydrogen-bond acceptors (Lipinski definition) is 7. The number of anilines is 1. The highest BCUT2D eigenvalue weighted by Crippen LogP contribution is 2.33. The van der Waals surface area contributed by atoms with E-state index in [1.54, 1.807) is 9.80 Å². The summed E-state index contributed by atoms with van der Waals surface area (Å²) in [5, 5.41) is 5.04. The van der Waals surface area contributed by atoms with Crippen LogP contribution < -0.4 is 14.8 Å². The topological polar surface area (TPSA) is 96.7 Å². The van der Waals surface area contributed by atoms with Crippen LogP contribution in [0.2, 0.25) is 0 Å². The predicted octanol–water partition coefficient (Wildman–Crippen LogP) is 4.87. The number of carbonyl (C=O) groups excluding carboxylic acids is 2. The first-order valence-corrected chi connectivity index (χ1v) is 14.6. The molecule has 1 saturated heterocycles. The molecule has 224 valence electrons. The van der Waals surface area contributed by atoms with Gasteiger partial charge in [0, 0.05) is 38.1 Å². The number of morpholine rings is 1. The predicted molar refractivity (Wildman–Crippen MR) is 162 cm³/mol. The van der Waals surface area contributed by atoms with Crippen LogP contribution in [-0.4, -0.2) is 79.4 Å². The Labute approximate surface area is 250 Å². The number of carbonyl (C=O) groups is 2. The van der Waals surface area contributed by atoms with E-state index >= 15 is 0 Å². The van der Waals surface area contributed by atoms with Crippen molar-refractivity contribution in [3.05, 3.63) is 89.9 Å². The van der Waals surface area contributed by atoms with E-state index in [2.05, 4.69) is 10.2 Å². The molecule has 0 spiro atoms. The average molecular weight is 585 g/mol. The van der Waals surface area contributed by atoms with Crippen molar-refractivity contribution < 1.29 is 28.2 Å². The van der Waals surface area contributed by atoms with Gasteiger partial charge in [0.25, 0.3) is 0 Å². The molecule has 0 aliphatic carbocycles. The van der Waals surface area contributed by atoms with Gasteiger partial charge in [0.05, 0.1) is 25.4 Å². The number of amides is 3. The van der Waals surface area contributed by atoms with Crippen molar-refractivity contribution in [2.45, 2.75) is 20.0 Å². The number of rotatable bonds is 10. The van der Waals surface area contributed by atoms with Gasteiger partial charge in [-0.25, -0.2) is 4.79 Å². The Morgan fingerprint density at radius 2 is 1.70 bits per heavy atom. The molecule has 3 heterocycles. The highest BCUT2D eigenvalue weighted by Gasteiger charge is 2.25. The third-order valence-electron chi connectivity index (χ3n) is 7.74. The number of nitrogens with one attached hydrogen (secondary N) is 1. The lowest BCUT2D eigenvalue weighted by Crippen LogP contribution is -2.48. The molecular weight excluding hydrogens is 548 g/mol. The molecule has 0 atom stereocenters. The molecule has 3 amide bonds. The molecule has 6 rings (SSSR count). The second-order valence-electron chi connectivity index (χ2n) is 10.8. The fourth-order valence-corrected chi connectivity index (χ4v) is 5.38. The Balaban J connectivity index is 1.22. The Morgan fingerprint density at radius 1 is 0.884 bits per heavy atom. The van der Waals surface area contributed by atoms with Crippen LogP contribution in [0.25, 0.3) is 10.8 Å². The number of urea groups is 1. The molecule has 0 bridgehead atoms. The fourth-order valence-electron chi connectivity index (χ4n) is 5.38. The van der Waals surface area contributed by atoms with Crippen molar-refractivity contribution in [3.63, 3.8) is 0 Å². The number of benzene rings is 3. The van der Waals surface area contributed by atoms with E-state index < -0.39 is 0 Å². The molecule has 0 saturated carbocycles. The largest absolute Gasteiger partial charge is 0.464 e. The van der Waals surface area contributed by atoms with E-state index in [0.717, 1.165) is 35.2 Å². The third-order valence-corrected chi connectivity index (χ3v) is 7.74. The maximum absolute atomic E-state index is 14.0. The molecule has 1 N–H and O–H groups in total. The van der Waals surface area contributed by atoms with Crippen molar-refractivity contribution >= 4 is 28.4 Å². The zero-order valence-electron chi connectivity index (χ0n) is 24.3. The second kappa shape index (κ2) is 13.2. The summed E-state index contributed by atoms with van der Waals surface area (Å²) in [4.78, 5) is 33.3. The number of aryl methyl sites for hydroxylation is 1. The smallest absolute Gasteiger partial charge is 0.322 e. The lowest BCUT2D eigenvalue weighted by Gasteiger charge is -2.31. The fraction of sp³-hybridized carbons (Fsp3) is 0.333. The van der Waals surface area contributed by atoms with E-state index in [4.69, 9.17) is 18.6 Å². The van der Waals surface area contributed by atoms with E-state index in [-0.39, 0.29) is 31.8 Å². The Morgan fingerprint density at radius 3 is 2.53 bits per heavy atom. The molecule has 1 aromatic heterocycles. The van der Waals surface area contributed by atoms with E-state index in [1.807, 2.05) is 79.7 Å². The summed E-state index contributed by atoms with van der Waals surface area (Å²) in [5.41, 5.74) is 1.59. The molecular formula is C33H36N4O6. The summed E-state index contributed by atoms with van der Waals surface area (Å²) in [7, 11) is 0. The minimum absolute atomic E-state index is 0.0921. The first kappa shape index (κ1) is 28.6. The van der Waals surface area contributed by atoms with Crippen molar-refractivity contribution in [1.29, 1.82) is 0 Å². The molecule has 10 heteroatoms. The first-order chi connectivity index (χ1) is 21.0. The number of hydrogen-bond donors (Lipinski definition) is 1. The van der Waals surface area contributed by atoms with Crippen molar-refractivity contribution in [3.8, 4) is 11.5 Å². The highest BCUT2D eigenvalue weighted by atomic mass is 16.7. The van der Waals surface area contributed by atoms with Crippen LogP contribution in [0.15, 0.2) is 77.2 Å². The molecule has 2 aliphatic rings. The molecule has 10 nitrogen and oxygen atoms in total. The van der Waals surface area contributed by atoms with Gasteiger partial charge in [0.15, 0.2) is 11.5 Å². The van der Waals surface area contributed by atoms with Crippen LogP contribution in [0.4, 0.5) is 10.5 Å². The normalized spacial score (nSPS) is 14.5. The average Bonchev–Trinajstić information content (AvgIpc) is 3.67. The minimum Gasteiger partial charge on any atom is -0.464 e. The third kappa shape index (κ3) is 7.10. The first-order valence-electron chi connectivity index (χ1n) is 14.6. The maximum Gasteiger partial charge on any atom is 0.322 e. The minimum atomic E-state index is -0.324. The molecule has 43 heavy (non-hydrogen) atoms. The second-order valence-corrected chi connectivity index (χ2v) is 10.8. The summed E-state index contributed by atoms with van der Waals surface area (Å²) in [6.07, 6.45) is 0. The summed E-state index contributed by atoms with van der Waals surface area (Å²) in [6.45, 7) is 6.47. The Kier molecular flexibility index (Phi) is 8.76. The lowest BCUT2D eigenvalue weighted by molar-refractivity contribution is -0.133. The maximum atomic E-state index is 14.0. The monoisotopic (exact) mass is 584 g/mol. The van der Waals surface area contributed by atoms with E-state index in [9.17, 15) is 9.59 Å². The van der Waals surface area contributed by atoms with Gasteiger partial charge < -0.3 is 33.7 Å². The number of furan rings is 1. The van der Waals surface area contributed by atoms with Gasteiger partial charge in [-0.3, -0.25) is 9.69 Å². The summed E-state index contributed by atoms with van der Waals surface area (Å²) in [6, 6.07) is 22.8. The van der Waals surface area contributed by atoms with Gasteiger partial charge in [-0.1, -0.05) is 42.5 Å². The summed E-state index contributed by atoms with van der Waals surface area (Å²) < 4.78 is 22.3. The van der Waals surface area contributed by atoms with Crippen molar-refractivity contribution in [1.82, 2.24) is 14.7 Å². The number of nitrogens with zero attached hydrogens (tertiary/aromatic N) is 3. The molecule has 2 aliphatic heterocycles. The van der Waals surface area contributed by atoms with Crippen LogP contribution >= 0.6 is 0 Å². The van der Waals surface area contributed by atoms with Crippen LogP contribution in [0.1, 0.15) is 17.1 Å². The summed E-state index contributed by atoms with van der Waals surface area (Å²) >= 11 is 0. The number of ether oxygens (including phenoxy) is 3.